The minimum atomic E-state index is -0.375. The number of imidazole rings is 1. The normalized spacial score (nSPS) is 10.4. The molecule has 0 bridgehead atoms. The molecule has 0 atom stereocenters. The molecule has 3 aromatic rings. The van der Waals surface area contributed by atoms with Crippen molar-refractivity contribution in [3.8, 4) is 5.75 Å². The van der Waals surface area contributed by atoms with E-state index in [0.717, 1.165) is 5.56 Å². The van der Waals surface area contributed by atoms with E-state index in [1.807, 2.05) is 24.3 Å². The number of carbonyl (C=O) groups is 2. The van der Waals surface area contributed by atoms with Gasteiger partial charge in [-0.25, -0.2) is 4.98 Å². The number of hydrogen-bond acceptors (Lipinski definition) is 4. The molecule has 2 N–H and O–H groups in total. The standard InChI is InChI=1S/C20H20N4O3/c1-3-11-21-20(26)18-23-17(15-9-6-7-12-24(15)18)19(25)22-13-14-8-4-5-10-16(14)27-2/h3-10,12H,1,11,13H2,2H3,(H,21,26)(H,22,25). The maximum Gasteiger partial charge on any atom is 0.287 e. The number of pyridine rings is 1. The summed E-state index contributed by atoms with van der Waals surface area (Å²) in [4.78, 5) is 29.3. The highest BCUT2D eigenvalue weighted by Crippen LogP contribution is 2.18. The lowest BCUT2D eigenvalue weighted by Crippen LogP contribution is -2.26. The molecule has 0 saturated heterocycles. The zero-order chi connectivity index (χ0) is 19.2. The molecule has 27 heavy (non-hydrogen) atoms. The van der Waals surface area contributed by atoms with Crippen LogP contribution in [0.5, 0.6) is 5.75 Å². The molecule has 2 aromatic heterocycles. The number of aromatic nitrogens is 2. The maximum absolute atomic E-state index is 12.7. The number of hydrogen-bond donors (Lipinski definition) is 2. The summed E-state index contributed by atoms with van der Waals surface area (Å²) in [5.74, 6) is 0.0964. The van der Waals surface area contributed by atoms with Crippen LogP contribution in [0.3, 0.4) is 0 Å². The van der Waals surface area contributed by atoms with E-state index < -0.39 is 0 Å². The van der Waals surface area contributed by atoms with Gasteiger partial charge in [-0.05, 0) is 18.2 Å². The molecule has 0 unspecified atom stereocenters. The average Bonchev–Trinajstić information content (AvgIpc) is 3.10. The smallest absolute Gasteiger partial charge is 0.287 e. The van der Waals surface area contributed by atoms with Gasteiger partial charge in [0.15, 0.2) is 5.69 Å². The summed E-state index contributed by atoms with van der Waals surface area (Å²) in [6.45, 7) is 4.17. The zero-order valence-electron chi connectivity index (χ0n) is 14.9. The number of fused-ring (bicyclic) bond motifs is 1. The molecule has 2 amide bonds. The molecule has 0 fully saturated rings. The summed E-state index contributed by atoms with van der Waals surface area (Å²) in [6.07, 6.45) is 3.27. The second-order valence-corrected chi connectivity index (χ2v) is 5.73. The van der Waals surface area contributed by atoms with Gasteiger partial charge in [-0.3, -0.25) is 14.0 Å². The Balaban J connectivity index is 1.86. The Morgan fingerprint density at radius 2 is 1.93 bits per heavy atom. The lowest BCUT2D eigenvalue weighted by molar-refractivity contribution is 0.0946. The van der Waals surface area contributed by atoms with Crippen LogP contribution in [0.15, 0.2) is 61.3 Å². The fourth-order valence-electron chi connectivity index (χ4n) is 2.72. The van der Waals surface area contributed by atoms with Gasteiger partial charge in [0.05, 0.1) is 12.6 Å². The molecule has 0 radical (unpaired) electrons. The Labute approximate surface area is 156 Å². The Kier molecular flexibility index (Phi) is 5.51. The summed E-state index contributed by atoms with van der Waals surface area (Å²) in [6, 6.07) is 12.7. The van der Waals surface area contributed by atoms with Gasteiger partial charge >= 0.3 is 0 Å². The summed E-state index contributed by atoms with van der Waals surface area (Å²) < 4.78 is 6.89. The molecule has 138 valence electrons. The first-order valence-corrected chi connectivity index (χ1v) is 8.42. The van der Waals surface area contributed by atoms with Crippen LogP contribution in [0.25, 0.3) is 5.52 Å². The largest absolute Gasteiger partial charge is 0.496 e. The number of rotatable bonds is 7. The van der Waals surface area contributed by atoms with Crippen molar-refractivity contribution in [1.82, 2.24) is 20.0 Å². The fraction of sp³-hybridized carbons (Fsp3) is 0.150. The second kappa shape index (κ2) is 8.18. The summed E-state index contributed by atoms with van der Waals surface area (Å²) in [5.41, 5.74) is 1.59. The first-order valence-electron chi connectivity index (χ1n) is 8.42. The molecule has 0 aliphatic heterocycles. The van der Waals surface area contributed by atoms with Crippen LogP contribution in [0.1, 0.15) is 26.7 Å². The van der Waals surface area contributed by atoms with Crippen LogP contribution >= 0.6 is 0 Å². The monoisotopic (exact) mass is 364 g/mol. The molecule has 0 aliphatic rings. The number of methoxy groups -OCH3 is 1. The number of nitrogens with zero attached hydrogens (tertiary/aromatic N) is 2. The van der Waals surface area contributed by atoms with Crippen molar-refractivity contribution in [2.24, 2.45) is 0 Å². The predicted molar refractivity (Wildman–Crippen MR) is 102 cm³/mol. The van der Waals surface area contributed by atoms with Crippen molar-refractivity contribution in [3.05, 3.63) is 78.4 Å². The molecule has 3 rings (SSSR count). The maximum atomic E-state index is 12.7. The average molecular weight is 364 g/mol. The van der Waals surface area contributed by atoms with Crippen molar-refractivity contribution in [1.29, 1.82) is 0 Å². The van der Waals surface area contributed by atoms with E-state index in [4.69, 9.17) is 4.74 Å². The quantitative estimate of drug-likeness (QED) is 0.630. The molecule has 7 nitrogen and oxygen atoms in total. The number of benzene rings is 1. The van der Waals surface area contributed by atoms with Crippen LogP contribution in [0.4, 0.5) is 0 Å². The molecular formula is C20H20N4O3. The highest BCUT2D eigenvalue weighted by atomic mass is 16.5. The number of nitrogens with one attached hydrogen (secondary N) is 2. The number of para-hydroxylation sites is 1. The fourth-order valence-corrected chi connectivity index (χ4v) is 2.72. The lowest BCUT2D eigenvalue weighted by atomic mass is 10.2. The number of amides is 2. The third-order valence-corrected chi connectivity index (χ3v) is 4.01. The van der Waals surface area contributed by atoms with Gasteiger partial charge < -0.3 is 15.4 Å². The Morgan fingerprint density at radius 1 is 1.15 bits per heavy atom. The van der Waals surface area contributed by atoms with Crippen molar-refractivity contribution in [2.45, 2.75) is 6.54 Å². The van der Waals surface area contributed by atoms with Crippen LogP contribution in [0, 0.1) is 0 Å². The van der Waals surface area contributed by atoms with Crippen LogP contribution in [-0.2, 0) is 6.54 Å². The topological polar surface area (TPSA) is 84.7 Å². The molecule has 0 saturated carbocycles. The molecule has 2 heterocycles. The minimum Gasteiger partial charge on any atom is -0.496 e. The van der Waals surface area contributed by atoms with Crippen molar-refractivity contribution in [2.75, 3.05) is 13.7 Å². The van der Waals surface area contributed by atoms with Gasteiger partial charge in [-0.1, -0.05) is 30.3 Å². The molecule has 0 spiro atoms. The van der Waals surface area contributed by atoms with Crippen molar-refractivity contribution in [3.63, 3.8) is 0 Å². The van der Waals surface area contributed by atoms with Gasteiger partial charge in [-0.2, -0.15) is 0 Å². The van der Waals surface area contributed by atoms with Crippen molar-refractivity contribution >= 4 is 17.3 Å². The third-order valence-electron chi connectivity index (χ3n) is 4.01. The van der Waals surface area contributed by atoms with E-state index in [0.29, 0.717) is 17.8 Å². The lowest BCUT2D eigenvalue weighted by Gasteiger charge is -2.08. The Morgan fingerprint density at radius 3 is 2.70 bits per heavy atom. The Bertz CT molecular complexity index is 994. The van der Waals surface area contributed by atoms with Crippen molar-refractivity contribution < 1.29 is 14.3 Å². The minimum absolute atomic E-state index is 0.148. The van der Waals surface area contributed by atoms with E-state index in [-0.39, 0.29) is 29.9 Å². The van der Waals surface area contributed by atoms with Gasteiger partial charge in [0, 0.05) is 24.8 Å². The summed E-state index contributed by atoms with van der Waals surface area (Å²) in [7, 11) is 1.58. The molecular weight excluding hydrogens is 344 g/mol. The number of ether oxygens (including phenoxy) is 1. The van der Waals surface area contributed by atoms with Crippen LogP contribution in [-0.4, -0.2) is 34.9 Å². The SMILES string of the molecule is C=CCNC(=O)c1nc(C(=O)NCc2ccccc2OC)c2ccccn12. The third kappa shape index (κ3) is 3.82. The second-order valence-electron chi connectivity index (χ2n) is 5.73. The van der Waals surface area contributed by atoms with E-state index in [2.05, 4.69) is 22.2 Å². The van der Waals surface area contributed by atoms with Crippen LogP contribution in [0.2, 0.25) is 0 Å². The van der Waals surface area contributed by atoms with Crippen LogP contribution < -0.4 is 15.4 Å². The van der Waals surface area contributed by atoms with E-state index >= 15 is 0 Å². The molecule has 0 aliphatic carbocycles. The highest BCUT2D eigenvalue weighted by Gasteiger charge is 2.21. The van der Waals surface area contributed by atoms with Gasteiger partial charge in [-0.15, -0.1) is 6.58 Å². The first kappa shape index (κ1) is 18.2. The van der Waals surface area contributed by atoms with Gasteiger partial charge in [0.25, 0.3) is 11.8 Å². The predicted octanol–water partition coefficient (Wildman–Crippen LogP) is 2.19. The van der Waals surface area contributed by atoms with E-state index in [1.54, 1.807) is 42.0 Å². The highest BCUT2D eigenvalue weighted by molar-refractivity contribution is 6.02. The van der Waals surface area contributed by atoms with E-state index in [1.165, 1.54) is 0 Å². The summed E-state index contributed by atoms with van der Waals surface area (Å²) >= 11 is 0. The van der Waals surface area contributed by atoms with Gasteiger partial charge in [0.2, 0.25) is 5.82 Å². The number of carbonyl (C=O) groups excluding carboxylic acids is 2. The van der Waals surface area contributed by atoms with E-state index in [9.17, 15) is 9.59 Å². The Hall–Kier alpha value is -3.61. The first-order chi connectivity index (χ1) is 13.2. The molecule has 7 heteroatoms. The summed E-state index contributed by atoms with van der Waals surface area (Å²) in [5, 5.41) is 5.51. The molecule has 1 aromatic carbocycles. The zero-order valence-corrected chi connectivity index (χ0v) is 14.9. The van der Waals surface area contributed by atoms with Gasteiger partial charge in [0.1, 0.15) is 5.75 Å².